The summed E-state index contributed by atoms with van der Waals surface area (Å²) in [6, 6.07) is 12.2. The number of benzene rings is 2. The number of ether oxygens (including phenoxy) is 2. The third kappa shape index (κ3) is 4.27. The summed E-state index contributed by atoms with van der Waals surface area (Å²) < 4.78 is 29.9. The van der Waals surface area contributed by atoms with Crippen LogP contribution in [0.3, 0.4) is 0 Å². The molecule has 9 nitrogen and oxygen atoms in total. The molecule has 1 aliphatic carbocycles. The van der Waals surface area contributed by atoms with Gasteiger partial charge in [-0.3, -0.25) is 0 Å². The number of aromatic nitrogens is 2. The van der Waals surface area contributed by atoms with Crippen molar-refractivity contribution in [2.24, 2.45) is 10.1 Å². The summed E-state index contributed by atoms with van der Waals surface area (Å²) in [5.41, 5.74) is 8.78. The van der Waals surface area contributed by atoms with E-state index in [2.05, 4.69) is 10.2 Å². The molecule has 190 valence electrons. The van der Waals surface area contributed by atoms with Crippen molar-refractivity contribution in [2.75, 3.05) is 49.4 Å². The van der Waals surface area contributed by atoms with Crippen molar-refractivity contribution in [3.8, 4) is 5.75 Å². The van der Waals surface area contributed by atoms with E-state index in [1.165, 1.54) is 0 Å². The van der Waals surface area contributed by atoms with E-state index in [-0.39, 0.29) is 6.04 Å². The first-order chi connectivity index (χ1) is 17.4. The highest BCUT2D eigenvalue weighted by Gasteiger charge is 2.35. The van der Waals surface area contributed by atoms with Gasteiger partial charge in [-0.2, -0.15) is 4.98 Å². The van der Waals surface area contributed by atoms with E-state index < -0.39 is 15.3 Å². The molecule has 0 radical (unpaired) electrons. The standard InChI is InChI=1S/C26H32N6O3S/c1-17-7-10-20-22(23(17)34-2)24(28-14-26(27)15-35-16-26)30-25(29-20)32-11-12-36(33,31-19-8-9-19)21-6-4-3-5-18(21)13-32/h3-7,10,19H,8-9,11-16,27H2,1-2H3,(H,28,29,30). The predicted octanol–water partition coefficient (Wildman–Crippen LogP) is 3.10. The zero-order valence-electron chi connectivity index (χ0n) is 20.7. The van der Waals surface area contributed by atoms with Gasteiger partial charge in [0.2, 0.25) is 5.95 Å². The molecule has 36 heavy (non-hydrogen) atoms. The number of methoxy groups -OCH3 is 1. The van der Waals surface area contributed by atoms with Gasteiger partial charge in [-0.05, 0) is 43.0 Å². The van der Waals surface area contributed by atoms with Crippen LogP contribution in [0.5, 0.6) is 5.75 Å². The van der Waals surface area contributed by atoms with E-state index in [9.17, 15) is 4.21 Å². The van der Waals surface area contributed by atoms with E-state index >= 15 is 0 Å². The number of nitrogens with zero attached hydrogens (tertiary/aromatic N) is 4. The Morgan fingerprint density at radius 1 is 1.25 bits per heavy atom. The summed E-state index contributed by atoms with van der Waals surface area (Å²) in [4.78, 5) is 12.9. The third-order valence-corrected chi connectivity index (χ3v) is 9.52. The average Bonchev–Trinajstić information content (AvgIpc) is 3.69. The summed E-state index contributed by atoms with van der Waals surface area (Å²) in [5, 5.41) is 4.29. The molecule has 10 heteroatoms. The minimum Gasteiger partial charge on any atom is -0.496 e. The molecule has 1 saturated carbocycles. The lowest BCUT2D eigenvalue weighted by Gasteiger charge is -2.38. The first-order valence-corrected chi connectivity index (χ1v) is 14.1. The Hall–Kier alpha value is -2.95. The molecule has 0 amide bonds. The molecule has 2 fully saturated rings. The number of fused-ring (bicyclic) bond motifs is 2. The topological polar surface area (TPSA) is 115 Å². The highest BCUT2D eigenvalue weighted by Crippen LogP contribution is 2.36. The molecule has 0 bridgehead atoms. The van der Waals surface area contributed by atoms with Gasteiger partial charge in [0.05, 0.1) is 63.2 Å². The monoisotopic (exact) mass is 508 g/mol. The van der Waals surface area contributed by atoms with Crippen LogP contribution >= 0.6 is 0 Å². The number of rotatable bonds is 6. The molecule has 3 N–H and O–H groups in total. The molecular weight excluding hydrogens is 476 g/mol. The van der Waals surface area contributed by atoms with Crippen LogP contribution in [0, 0.1) is 6.92 Å². The van der Waals surface area contributed by atoms with Crippen molar-refractivity contribution >= 4 is 32.4 Å². The fraction of sp³-hybridized carbons (Fsp3) is 0.462. The van der Waals surface area contributed by atoms with Crippen molar-refractivity contribution in [2.45, 2.75) is 42.8 Å². The molecule has 3 heterocycles. The smallest absolute Gasteiger partial charge is 0.228 e. The Labute approximate surface area is 211 Å². The fourth-order valence-corrected chi connectivity index (χ4v) is 7.25. The van der Waals surface area contributed by atoms with Gasteiger partial charge in [-0.25, -0.2) is 13.6 Å². The molecule has 1 unspecified atom stereocenters. The van der Waals surface area contributed by atoms with Gasteiger partial charge in [0, 0.05) is 19.6 Å². The lowest BCUT2D eigenvalue weighted by atomic mass is 9.99. The van der Waals surface area contributed by atoms with Crippen molar-refractivity contribution in [1.29, 1.82) is 0 Å². The van der Waals surface area contributed by atoms with E-state index in [0.717, 1.165) is 45.5 Å². The Kier molecular flexibility index (Phi) is 5.77. The largest absolute Gasteiger partial charge is 0.496 e. The minimum atomic E-state index is -2.50. The predicted molar refractivity (Wildman–Crippen MR) is 141 cm³/mol. The minimum absolute atomic E-state index is 0.222. The number of aryl methyl sites for hydroxylation is 1. The zero-order chi connectivity index (χ0) is 24.9. The molecule has 3 aromatic rings. The van der Waals surface area contributed by atoms with Gasteiger partial charge in [0.1, 0.15) is 11.6 Å². The van der Waals surface area contributed by atoms with Gasteiger partial charge < -0.3 is 25.4 Å². The van der Waals surface area contributed by atoms with Gasteiger partial charge in [0.15, 0.2) is 0 Å². The molecule has 6 rings (SSSR count). The summed E-state index contributed by atoms with van der Waals surface area (Å²) in [6.45, 7) is 4.66. The van der Waals surface area contributed by atoms with Gasteiger partial charge in [0.25, 0.3) is 0 Å². The molecule has 3 aliphatic rings. The Morgan fingerprint density at radius 3 is 2.78 bits per heavy atom. The van der Waals surface area contributed by atoms with Crippen molar-refractivity contribution in [3.63, 3.8) is 0 Å². The first-order valence-electron chi connectivity index (χ1n) is 12.4. The summed E-state index contributed by atoms with van der Waals surface area (Å²) >= 11 is 0. The molecule has 2 aromatic carbocycles. The number of hydrogen-bond donors (Lipinski definition) is 2. The van der Waals surface area contributed by atoms with Crippen LogP contribution in [0.4, 0.5) is 11.8 Å². The van der Waals surface area contributed by atoms with Crippen molar-refractivity contribution in [3.05, 3.63) is 47.5 Å². The summed E-state index contributed by atoms with van der Waals surface area (Å²) in [6.07, 6.45) is 2.06. The van der Waals surface area contributed by atoms with E-state index in [1.54, 1.807) is 7.11 Å². The van der Waals surface area contributed by atoms with E-state index in [0.29, 0.717) is 50.4 Å². The summed E-state index contributed by atoms with van der Waals surface area (Å²) in [7, 11) is -0.834. The second-order valence-electron chi connectivity index (χ2n) is 10.1. The maximum absolute atomic E-state index is 14.0. The van der Waals surface area contributed by atoms with Gasteiger partial charge in [-0.15, -0.1) is 0 Å². The maximum atomic E-state index is 14.0. The quantitative estimate of drug-likeness (QED) is 0.522. The lowest BCUT2D eigenvalue weighted by molar-refractivity contribution is -0.0461. The van der Waals surface area contributed by atoms with Crippen molar-refractivity contribution < 1.29 is 13.7 Å². The SMILES string of the molecule is COc1c(C)ccc2nc(N3CCS(=O)(=NC4CC4)c4ccccc4C3)nc(NCC3(N)COC3)c12. The Balaban J connectivity index is 1.43. The molecular formula is C26H32N6O3S. The van der Waals surface area contributed by atoms with Gasteiger partial charge in [-0.1, -0.05) is 24.3 Å². The van der Waals surface area contributed by atoms with Crippen LogP contribution in [0.2, 0.25) is 0 Å². The Bertz CT molecular complexity index is 1440. The number of hydrogen-bond acceptors (Lipinski definition) is 9. The van der Waals surface area contributed by atoms with Crippen LogP contribution in [0.15, 0.2) is 45.7 Å². The summed E-state index contributed by atoms with van der Waals surface area (Å²) in [5.74, 6) is 2.44. The van der Waals surface area contributed by atoms with Crippen LogP contribution in [0.25, 0.3) is 10.9 Å². The molecule has 2 aliphatic heterocycles. The molecule has 0 spiro atoms. The van der Waals surface area contributed by atoms with E-state index in [1.807, 2.05) is 43.3 Å². The number of nitrogens with one attached hydrogen (secondary N) is 1. The van der Waals surface area contributed by atoms with Gasteiger partial charge >= 0.3 is 0 Å². The third-order valence-electron chi connectivity index (χ3n) is 7.06. The van der Waals surface area contributed by atoms with Crippen molar-refractivity contribution in [1.82, 2.24) is 9.97 Å². The lowest BCUT2D eigenvalue weighted by Crippen LogP contribution is -2.61. The second kappa shape index (κ2) is 8.86. The second-order valence-corrected chi connectivity index (χ2v) is 12.4. The Morgan fingerprint density at radius 2 is 2.06 bits per heavy atom. The maximum Gasteiger partial charge on any atom is 0.228 e. The van der Waals surface area contributed by atoms with Crippen LogP contribution in [-0.2, 0) is 21.0 Å². The van der Waals surface area contributed by atoms with Crippen LogP contribution < -0.4 is 20.7 Å². The van der Waals surface area contributed by atoms with E-state index in [4.69, 9.17) is 29.5 Å². The fourth-order valence-electron chi connectivity index (χ4n) is 4.82. The normalized spacial score (nSPS) is 22.9. The molecule has 1 saturated heterocycles. The molecule has 1 atom stereocenters. The zero-order valence-corrected chi connectivity index (χ0v) is 21.5. The van der Waals surface area contributed by atoms with Crippen LogP contribution in [0.1, 0.15) is 24.0 Å². The highest BCUT2D eigenvalue weighted by molar-refractivity contribution is 7.93. The van der Waals surface area contributed by atoms with Crippen LogP contribution in [-0.4, -0.2) is 64.9 Å². The average molecular weight is 509 g/mol. The first kappa shape index (κ1) is 23.4. The molecule has 1 aromatic heterocycles. The number of anilines is 2. The highest BCUT2D eigenvalue weighted by atomic mass is 32.2. The number of nitrogens with two attached hydrogens (primary N) is 1.